The van der Waals surface area contributed by atoms with Gasteiger partial charge in [-0.3, -0.25) is 4.79 Å². The second-order valence-corrected chi connectivity index (χ2v) is 5.23. The first kappa shape index (κ1) is 14.1. The van der Waals surface area contributed by atoms with Crippen LogP contribution >= 0.6 is 39.1 Å². The van der Waals surface area contributed by atoms with E-state index in [1.165, 1.54) is 24.4 Å². The van der Waals surface area contributed by atoms with E-state index in [1.807, 2.05) is 0 Å². The monoisotopic (exact) mass is 360 g/mol. The third kappa shape index (κ3) is 3.37. The zero-order valence-corrected chi connectivity index (χ0v) is 12.4. The van der Waals surface area contributed by atoms with Crippen LogP contribution in [0.4, 0.5) is 5.69 Å². The summed E-state index contributed by atoms with van der Waals surface area (Å²) < 4.78 is 0.443. The van der Waals surface area contributed by atoms with E-state index in [2.05, 4.69) is 26.2 Å². The van der Waals surface area contributed by atoms with Crippen LogP contribution in [0.15, 0.2) is 35.1 Å². The molecule has 19 heavy (non-hydrogen) atoms. The van der Waals surface area contributed by atoms with Gasteiger partial charge < -0.3 is 10.4 Å². The zero-order valence-electron chi connectivity index (χ0n) is 9.32. The quantitative estimate of drug-likeness (QED) is 0.791. The Kier molecular flexibility index (Phi) is 4.29. The summed E-state index contributed by atoms with van der Waals surface area (Å²) in [4.78, 5) is 16.0. The molecule has 0 fully saturated rings. The number of nitrogens with one attached hydrogen (secondary N) is 1. The molecule has 0 saturated heterocycles. The molecule has 4 nitrogen and oxygen atoms in total. The number of carbonyl (C=O) groups is 1. The van der Waals surface area contributed by atoms with Crippen LogP contribution in [0.1, 0.15) is 10.4 Å². The largest absolute Gasteiger partial charge is 0.507 e. The number of hydrogen-bond donors (Lipinski definition) is 2. The lowest BCUT2D eigenvalue weighted by Gasteiger charge is -2.08. The van der Waals surface area contributed by atoms with Crippen molar-refractivity contribution in [2.75, 3.05) is 5.32 Å². The Balaban J connectivity index is 2.28. The van der Waals surface area contributed by atoms with E-state index >= 15 is 0 Å². The van der Waals surface area contributed by atoms with Crippen LogP contribution in [-0.2, 0) is 0 Å². The molecule has 0 atom stereocenters. The number of amides is 1. The van der Waals surface area contributed by atoms with Crippen LogP contribution in [-0.4, -0.2) is 16.0 Å². The molecule has 98 valence electrons. The molecule has 1 heterocycles. The van der Waals surface area contributed by atoms with Crippen molar-refractivity contribution in [2.24, 2.45) is 0 Å². The SMILES string of the molecule is O=C(Nc1cc(Cl)cnc1Br)c1ccc(Cl)cc1O. The van der Waals surface area contributed by atoms with Gasteiger partial charge in [0.25, 0.3) is 5.91 Å². The molecule has 0 aliphatic carbocycles. The Morgan fingerprint density at radius 1 is 1.26 bits per heavy atom. The first-order valence-corrected chi connectivity index (χ1v) is 6.63. The summed E-state index contributed by atoms with van der Waals surface area (Å²) in [6, 6.07) is 5.78. The van der Waals surface area contributed by atoms with E-state index < -0.39 is 5.91 Å². The number of rotatable bonds is 2. The van der Waals surface area contributed by atoms with Crippen LogP contribution in [0.3, 0.4) is 0 Å². The van der Waals surface area contributed by atoms with Crippen LogP contribution in [0.5, 0.6) is 5.75 Å². The van der Waals surface area contributed by atoms with Crippen molar-refractivity contribution >= 4 is 50.7 Å². The van der Waals surface area contributed by atoms with Gasteiger partial charge in [-0.2, -0.15) is 0 Å². The fraction of sp³-hybridized carbons (Fsp3) is 0. The molecule has 0 saturated carbocycles. The number of phenols is 1. The number of carbonyl (C=O) groups excluding carboxylic acids is 1. The van der Waals surface area contributed by atoms with Gasteiger partial charge in [-0.1, -0.05) is 23.2 Å². The van der Waals surface area contributed by atoms with Crippen LogP contribution in [0.2, 0.25) is 10.0 Å². The maximum atomic E-state index is 12.0. The summed E-state index contributed by atoms with van der Waals surface area (Å²) in [5.41, 5.74) is 0.517. The molecule has 0 aliphatic rings. The number of benzene rings is 1. The van der Waals surface area contributed by atoms with E-state index in [-0.39, 0.29) is 11.3 Å². The number of halogens is 3. The van der Waals surface area contributed by atoms with Crippen molar-refractivity contribution in [3.63, 3.8) is 0 Å². The van der Waals surface area contributed by atoms with Crippen molar-refractivity contribution in [2.45, 2.75) is 0 Å². The number of pyridine rings is 1. The lowest BCUT2D eigenvalue weighted by molar-refractivity contribution is 0.102. The lowest BCUT2D eigenvalue weighted by Crippen LogP contribution is -2.12. The van der Waals surface area contributed by atoms with Gasteiger partial charge >= 0.3 is 0 Å². The molecule has 0 bridgehead atoms. The first-order chi connectivity index (χ1) is 8.97. The second kappa shape index (κ2) is 5.77. The molecular formula is C12H7BrCl2N2O2. The van der Waals surface area contributed by atoms with Crippen molar-refractivity contribution in [3.8, 4) is 5.75 Å². The molecule has 7 heteroatoms. The van der Waals surface area contributed by atoms with Crippen LogP contribution in [0, 0.1) is 0 Å². The highest BCUT2D eigenvalue weighted by Crippen LogP contribution is 2.26. The smallest absolute Gasteiger partial charge is 0.259 e. The third-order valence-corrected chi connectivity index (χ3v) is 3.33. The number of aromatic nitrogens is 1. The van der Waals surface area contributed by atoms with E-state index in [0.717, 1.165) is 0 Å². The Morgan fingerprint density at radius 3 is 2.68 bits per heavy atom. The van der Waals surface area contributed by atoms with Crippen LogP contribution in [0.25, 0.3) is 0 Å². The number of anilines is 1. The van der Waals surface area contributed by atoms with Crippen molar-refractivity contribution in [1.29, 1.82) is 0 Å². The predicted molar refractivity (Wildman–Crippen MR) is 78.0 cm³/mol. The summed E-state index contributed by atoms with van der Waals surface area (Å²) in [7, 11) is 0. The molecule has 2 aromatic rings. The maximum Gasteiger partial charge on any atom is 0.259 e. The molecule has 0 spiro atoms. The molecule has 1 aromatic carbocycles. The Morgan fingerprint density at radius 2 is 2.00 bits per heavy atom. The summed E-state index contributed by atoms with van der Waals surface area (Å²) in [5, 5.41) is 13.0. The molecular weight excluding hydrogens is 355 g/mol. The van der Waals surface area contributed by atoms with Gasteiger partial charge in [0.2, 0.25) is 0 Å². The topological polar surface area (TPSA) is 62.2 Å². The average molecular weight is 362 g/mol. The van der Waals surface area contributed by atoms with Gasteiger partial charge in [-0.15, -0.1) is 0 Å². The highest BCUT2D eigenvalue weighted by atomic mass is 79.9. The fourth-order valence-electron chi connectivity index (χ4n) is 1.40. The van der Waals surface area contributed by atoms with Crippen molar-refractivity contribution < 1.29 is 9.90 Å². The number of phenolic OH excluding ortho intramolecular Hbond substituents is 1. The number of hydrogen-bond acceptors (Lipinski definition) is 3. The highest BCUT2D eigenvalue weighted by molar-refractivity contribution is 9.10. The lowest BCUT2D eigenvalue weighted by atomic mass is 10.2. The van der Waals surface area contributed by atoms with Crippen molar-refractivity contribution in [1.82, 2.24) is 4.98 Å². The van der Waals surface area contributed by atoms with E-state index in [4.69, 9.17) is 23.2 Å². The van der Waals surface area contributed by atoms with Gasteiger partial charge in [0, 0.05) is 11.2 Å². The molecule has 2 rings (SSSR count). The number of aromatic hydroxyl groups is 1. The molecule has 0 unspecified atom stereocenters. The third-order valence-electron chi connectivity index (χ3n) is 2.26. The van der Waals surface area contributed by atoms with Crippen LogP contribution < -0.4 is 5.32 Å². The van der Waals surface area contributed by atoms with E-state index in [1.54, 1.807) is 6.07 Å². The zero-order chi connectivity index (χ0) is 14.0. The molecule has 2 N–H and O–H groups in total. The van der Waals surface area contributed by atoms with Gasteiger partial charge in [0.05, 0.1) is 16.3 Å². The Labute approximate surface area is 127 Å². The maximum absolute atomic E-state index is 12.0. The normalized spacial score (nSPS) is 10.3. The molecule has 1 amide bonds. The van der Waals surface area contributed by atoms with Gasteiger partial charge in [0.15, 0.2) is 0 Å². The minimum Gasteiger partial charge on any atom is -0.507 e. The minimum absolute atomic E-state index is 0.108. The second-order valence-electron chi connectivity index (χ2n) is 3.61. The first-order valence-electron chi connectivity index (χ1n) is 5.08. The number of nitrogens with zero attached hydrogens (tertiary/aromatic N) is 1. The van der Waals surface area contributed by atoms with Crippen molar-refractivity contribution in [3.05, 3.63) is 50.7 Å². The Bertz CT molecular complexity index is 650. The standard InChI is InChI=1S/C12H7BrCl2N2O2/c13-11-9(3-7(15)5-16-11)17-12(19)8-2-1-6(14)4-10(8)18/h1-5,18H,(H,17,19). The predicted octanol–water partition coefficient (Wildman–Crippen LogP) is 4.11. The fourth-order valence-corrected chi connectivity index (χ4v) is 2.04. The van der Waals surface area contributed by atoms with Gasteiger partial charge in [0.1, 0.15) is 10.4 Å². The minimum atomic E-state index is -0.487. The van der Waals surface area contributed by atoms with Gasteiger partial charge in [-0.05, 0) is 40.2 Å². The summed E-state index contributed by atoms with van der Waals surface area (Å²) in [6.07, 6.45) is 1.45. The average Bonchev–Trinajstić information content (AvgIpc) is 2.33. The van der Waals surface area contributed by atoms with Gasteiger partial charge in [-0.25, -0.2) is 4.98 Å². The Hall–Kier alpha value is -1.30. The summed E-state index contributed by atoms with van der Waals surface area (Å²) in [6.45, 7) is 0. The van der Waals surface area contributed by atoms with E-state index in [0.29, 0.717) is 20.3 Å². The molecule has 1 aromatic heterocycles. The summed E-state index contributed by atoms with van der Waals surface area (Å²) in [5.74, 6) is -0.685. The molecule has 0 radical (unpaired) electrons. The summed E-state index contributed by atoms with van der Waals surface area (Å²) >= 11 is 14.7. The molecule has 0 aliphatic heterocycles. The highest BCUT2D eigenvalue weighted by Gasteiger charge is 2.13. The van der Waals surface area contributed by atoms with E-state index in [9.17, 15) is 9.90 Å².